The number of amides is 1. The Hall–Kier alpha value is -3.17. The lowest BCUT2D eigenvalue weighted by Gasteiger charge is -2.14. The number of benzene rings is 2. The van der Waals surface area contributed by atoms with Crippen molar-refractivity contribution in [3.05, 3.63) is 68.4 Å². The van der Waals surface area contributed by atoms with Gasteiger partial charge >= 0.3 is 0 Å². The van der Waals surface area contributed by atoms with Crippen LogP contribution < -0.4 is 9.47 Å². The van der Waals surface area contributed by atoms with Crippen LogP contribution in [0.15, 0.2) is 42.1 Å². The van der Waals surface area contributed by atoms with Crippen LogP contribution in [-0.4, -0.2) is 46.4 Å². The molecule has 2 aromatic rings. The quantitative estimate of drug-likeness (QED) is 0.263. The molecule has 1 aliphatic heterocycles. The molecule has 2 aromatic carbocycles. The third kappa shape index (κ3) is 4.62. The number of likely N-dealkylation sites (N-methyl/N-ethyl adjacent to an activating group) is 2. The molecule has 8 nitrogen and oxygen atoms in total. The number of methoxy groups -OCH3 is 1. The van der Waals surface area contributed by atoms with Gasteiger partial charge in [-0.3, -0.25) is 19.8 Å². The number of nitro benzene ring substituents is 1. The van der Waals surface area contributed by atoms with Crippen LogP contribution in [0.4, 0.5) is 5.69 Å². The Bertz CT molecular complexity index is 1070. The summed E-state index contributed by atoms with van der Waals surface area (Å²) in [5.41, 5.74) is 1.83. The fraction of sp³-hybridized carbons (Fsp3) is 0.238. The maximum absolute atomic E-state index is 12.6. The van der Waals surface area contributed by atoms with Crippen molar-refractivity contribution in [3.63, 3.8) is 0 Å². The third-order valence-electron chi connectivity index (χ3n) is 4.75. The van der Waals surface area contributed by atoms with Crippen LogP contribution in [-0.2, 0) is 11.4 Å². The van der Waals surface area contributed by atoms with Gasteiger partial charge in [0.2, 0.25) is 0 Å². The van der Waals surface area contributed by atoms with Crippen molar-refractivity contribution in [1.82, 2.24) is 9.80 Å². The molecule has 162 valence electrons. The summed E-state index contributed by atoms with van der Waals surface area (Å²) in [5, 5.41) is 11.5. The van der Waals surface area contributed by atoms with Gasteiger partial charge in [0.15, 0.2) is 16.6 Å². The number of hydrogen-bond donors (Lipinski definition) is 0. The van der Waals surface area contributed by atoms with Gasteiger partial charge in [0.25, 0.3) is 11.6 Å². The highest BCUT2D eigenvalue weighted by molar-refractivity contribution is 7.80. The highest BCUT2D eigenvalue weighted by Gasteiger charge is 2.34. The van der Waals surface area contributed by atoms with Gasteiger partial charge in [0.05, 0.1) is 17.1 Å². The molecule has 1 aliphatic rings. The van der Waals surface area contributed by atoms with E-state index in [9.17, 15) is 14.9 Å². The van der Waals surface area contributed by atoms with E-state index in [0.717, 1.165) is 5.56 Å². The smallest absolute Gasteiger partial charge is 0.276 e. The van der Waals surface area contributed by atoms with Crippen molar-refractivity contribution < 1.29 is 19.2 Å². The molecule has 0 unspecified atom stereocenters. The maximum Gasteiger partial charge on any atom is 0.276 e. The highest BCUT2D eigenvalue weighted by atomic mass is 35.5. The predicted molar refractivity (Wildman–Crippen MR) is 121 cm³/mol. The normalized spacial score (nSPS) is 15.0. The van der Waals surface area contributed by atoms with E-state index in [1.54, 1.807) is 42.3 Å². The number of nitro groups is 1. The topological polar surface area (TPSA) is 85.2 Å². The number of ether oxygens (including phenoxy) is 2. The number of carbonyl (C=O) groups excluding carboxylic acids is 1. The molecule has 0 aliphatic carbocycles. The Labute approximate surface area is 189 Å². The van der Waals surface area contributed by atoms with Gasteiger partial charge in [-0.25, -0.2) is 0 Å². The SMILES string of the molecule is CCN1C(=O)C(=Cc2cc(Cl)c(OCc3ccc([N+](=O)[O-])cc3)c(OC)c2)N(C)C1=S. The molecule has 1 amide bonds. The van der Waals surface area contributed by atoms with Crippen molar-refractivity contribution in [1.29, 1.82) is 0 Å². The number of halogens is 1. The molecule has 1 saturated heterocycles. The zero-order valence-electron chi connectivity index (χ0n) is 17.1. The van der Waals surface area contributed by atoms with Gasteiger partial charge < -0.3 is 14.4 Å². The molecular weight excluding hydrogens is 442 g/mol. The monoisotopic (exact) mass is 461 g/mol. The average Bonchev–Trinajstić information content (AvgIpc) is 2.95. The zero-order chi connectivity index (χ0) is 22.7. The number of thiocarbonyl (C=S) groups is 1. The van der Waals surface area contributed by atoms with Crippen molar-refractivity contribution in [2.24, 2.45) is 0 Å². The van der Waals surface area contributed by atoms with Gasteiger partial charge in [-0.1, -0.05) is 11.6 Å². The van der Waals surface area contributed by atoms with Crippen LogP contribution in [0.3, 0.4) is 0 Å². The van der Waals surface area contributed by atoms with Crippen LogP contribution in [0.25, 0.3) is 6.08 Å². The summed E-state index contributed by atoms with van der Waals surface area (Å²) in [7, 11) is 3.23. The van der Waals surface area contributed by atoms with Crippen LogP contribution in [0.1, 0.15) is 18.1 Å². The molecule has 0 aromatic heterocycles. The molecule has 31 heavy (non-hydrogen) atoms. The maximum atomic E-state index is 12.6. The lowest BCUT2D eigenvalue weighted by Crippen LogP contribution is -2.30. The predicted octanol–water partition coefficient (Wildman–Crippen LogP) is 4.26. The van der Waals surface area contributed by atoms with E-state index in [1.165, 1.54) is 24.1 Å². The van der Waals surface area contributed by atoms with Crippen LogP contribution in [0, 0.1) is 10.1 Å². The largest absolute Gasteiger partial charge is 0.493 e. The lowest BCUT2D eigenvalue weighted by molar-refractivity contribution is -0.384. The van der Waals surface area contributed by atoms with Gasteiger partial charge in [-0.05, 0) is 60.6 Å². The van der Waals surface area contributed by atoms with Gasteiger partial charge in [0.1, 0.15) is 12.3 Å². The van der Waals surface area contributed by atoms with E-state index >= 15 is 0 Å². The first-order chi connectivity index (χ1) is 14.8. The fourth-order valence-electron chi connectivity index (χ4n) is 3.08. The van der Waals surface area contributed by atoms with E-state index in [2.05, 4.69) is 0 Å². The second-order valence-electron chi connectivity index (χ2n) is 6.67. The minimum atomic E-state index is -0.462. The van der Waals surface area contributed by atoms with Gasteiger partial charge in [-0.2, -0.15) is 0 Å². The molecular formula is C21H20ClN3O5S. The number of rotatable bonds is 7. The summed E-state index contributed by atoms with van der Waals surface area (Å²) in [6.45, 7) is 2.49. The number of carbonyl (C=O) groups is 1. The minimum Gasteiger partial charge on any atom is -0.493 e. The van der Waals surface area contributed by atoms with Gasteiger partial charge in [-0.15, -0.1) is 0 Å². The molecule has 1 heterocycles. The van der Waals surface area contributed by atoms with Crippen molar-refractivity contribution in [2.75, 3.05) is 20.7 Å². The van der Waals surface area contributed by atoms with E-state index in [-0.39, 0.29) is 18.2 Å². The first-order valence-electron chi connectivity index (χ1n) is 9.31. The second kappa shape index (κ2) is 9.32. The fourth-order valence-corrected chi connectivity index (χ4v) is 3.66. The molecule has 3 rings (SSSR count). The average molecular weight is 462 g/mol. The third-order valence-corrected chi connectivity index (χ3v) is 5.52. The Morgan fingerprint density at radius 3 is 2.48 bits per heavy atom. The summed E-state index contributed by atoms with van der Waals surface area (Å²) >= 11 is 11.7. The molecule has 0 spiro atoms. The highest BCUT2D eigenvalue weighted by Crippen LogP contribution is 2.38. The molecule has 0 saturated carbocycles. The minimum absolute atomic E-state index is 0.00398. The first-order valence-corrected chi connectivity index (χ1v) is 10.1. The summed E-state index contributed by atoms with van der Waals surface area (Å²) in [4.78, 5) is 26.1. The Morgan fingerprint density at radius 2 is 1.94 bits per heavy atom. The van der Waals surface area contributed by atoms with Crippen molar-refractivity contribution in [3.8, 4) is 11.5 Å². The summed E-state index contributed by atoms with van der Waals surface area (Å²) in [6.07, 6.45) is 1.69. The Balaban J connectivity index is 1.84. The van der Waals surface area contributed by atoms with Crippen LogP contribution in [0.2, 0.25) is 5.02 Å². The number of hydrogen-bond acceptors (Lipinski definition) is 6. The van der Waals surface area contributed by atoms with Gasteiger partial charge in [0, 0.05) is 25.7 Å². The number of non-ortho nitro benzene ring substituents is 1. The van der Waals surface area contributed by atoms with Crippen molar-refractivity contribution >= 4 is 46.6 Å². The molecule has 0 bridgehead atoms. The van der Waals surface area contributed by atoms with E-state index in [0.29, 0.717) is 39.4 Å². The van der Waals surface area contributed by atoms with E-state index < -0.39 is 4.92 Å². The Morgan fingerprint density at radius 1 is 1.26 bits per heavy atom. The van der Waals surface area contributed by atoms with Crippen molar-refractivity contribution in [2.45, 2.75) is 13.5 Å². The van der Waals surface area contributed by atoms with Crippen LogP contribution in [0.5, 0.6) is 11.5 Å². The summed E-state index contributed by atoms with van der Waals surface area (Å²) < 4.78 is 11.2. The molecule has 1 fully saturated rings. The molecule has 0 atom stereocenters. The lowest BCUT2D eigenvalue weighted by atomic mass is 10.1. The molecule has 0 radical (unpaired) electrons. The zero-order valence-corrected chi connectivity index (χ0v) is 18.7. The van der Waals surface area contributed by atoms with E-state index in [1.807, 2.05) is 6.92 Å². The summed E-state index contributed by atoms with van der Waals surface area (Å²) in [6, 6.07) is 9.42. The number of nitrogens with zero attached hydrogens (tertiary/aromatic N) is 3. The second-order valence-corrected chi connectivity index (χ2v) is 7.44. The van der Waals surface area contributed by atoms with E-state index in [4.69, 9.17) is 33.3 Å². The van der Waals surface area contributed by atoms with Crippen LogP contribution >= 0.6 is 23.8 Å². The summed E-state index contributed by atoms with van der Waals surface area (Å²) in [5.74, 6) is 0.550. The molecule has 0 N–H and O–H groups in total. The standard InChI is InChI=1S/C21H20ClN3O5S/c1-4-24-20(26)17(23(2)21(24)31)10-14-9-16(22)19(18(11-14)29-3)30-12-13-5-7-15(8-6-13)25(27)28/h5-11H,4,12H2,1-3H3. The Kier molecular flexibility index (Phi) is 6.77. The first kappa shape index (κ1) is 22.5. The molecule has 10 heteroatoms.